The number of nitrogen functional groups attached to an aromatic ring is 2. The molecule has 2 heterocycles. The molecule has 0 saturated carbocycles. The van der Waals surface area contributed by atoms with E-state index in [1.807, 2.05) is 60.9 Å². The molecule has 4 rings (SSSR count). The minimum atomic E-state index is -0.340. The smallest absolute Gasteiger partial charge is 0.271 e. The first kappa shape index (κ1) is 17.0. The summed E-state index contributed by atoms with van der Waals surface area (Å²) in [6.07, 6.45) is 2.00. The molecule has 134 valence electrons. The van der Waals surface area contributed by atoms with Gasteiger partial charge >= 0.3 is 0 Å². The van der Waals surface area contributed by atoms with Gasteiger partial charge in [0.05, 0.1) is 5.69 Å². The van der Waals surface area contributed by atoms with Crippen LogP contribution in [0.25, 0.3) is 28.1 Å². The van der Waals surface area contributed by atoms with E-state index in [1.165, 1.54) is 4.57 Å². The van der Waals surface area contributed by atoms with Crippen molar-refractivity contribution in [2.75, 3.05) is 17.7 Å². The average molecular weight is 376 g/mol. The Balaban J connectivity index is 2.11. The van der Waals surface area contributed by atoms with E-state index in [0.29, 0.717) is 11.5 Å². The summed E-state index contributed by atoms with van der Waals surface area (Å²) >= 11 is 1.63. The molecule has 4 aromatic rings. The van der Waals surface area contributed by atoms with Crippen LogP contribution in [0.4, 0.5) is 11.8 Å². The fraction of sp³-hybridized carbons (Fsp3) is 0.0526. The number of hydrogen-bond acceptors (Lipinski definition) is 7. The molecule has 0 aliphatic carbocycles. The van der Waals surface area contributed by atoms with Gasteiger partial charge in [-0.2, -0.15) is 9.97 Å². The highest BCUT2D eigenvalue weighted by atomic mass is 32.2. The second-order valence-electron chi connectivity index (χ2n) is 5.81. The molecule has 0 atom stereocenters. The number of fused-ring (bicyclic) bond motifs is 1. The molecule has 0 fully saturated rings. The van der Waals surface area contributed by atoms with Gasteiger partial charge < -0.3 is 11.5 Å². The summed E-state index contributed by atoms with van der Waals surface area (Å²) in [5.74, 6) is 0.458. The van der Waals surface area contributed by atoms with Crippen LogP contribution < -0.4 is 17.0 Å². The summed E-state index contributed by atoms with van der Waals surface area (Å²) in [5.41, 5.74) is 12.9. The maximum absolute atomic E-state index is 13.3. The fourth-order valence-electron chi connectivity index (χ4n) is 2.88. The van der Waals surface area contributed by atoms with Crippen molar-refractivity contribution in [3.63, 3.8) is 0 Å². The van der Waals surface area contributed by atoms with Crippen LogP contribution in [-0.4, -0.2) is 25.8 Å². The molecular formula is C19H16N6OS. The van der Waals surface area contributed by atoms with Gasteiger partial charge in [0.25, 0.3) is 5.56 Å². The number of thioether (sulfide) groups is 1. The molecule has 0 aliphatic heterocycles. The van der Waals surface area contributed by atoms with E-state index in [2.05, 4.69) is 15.0 Å². The van der Waals surface area contributed by atoms with Crippen LogP contribution in [-0.2, 0) is 0 Å². The highest BCUT2D eigenvalue weighted by Crippen LogP contribution is 2.24. The number of nitrogens with zero attached hydrogens (tertiary/aromatic N) is 4. The lowest BCUT2D eigenvalue weighted by atomic mass is 10.2. The van der Waals surface area contributed by atoms with Crippen molar-refractivity contribution in [1.29, 1.82) is 0 Å². The maximum atomic E-state index is 13.3. The molecule has 0 spiro atoms. The number of nitrogens with two attached hydrogens (primary N) is 2. The number of aromatic nitrogens is 4. The van der Waals surface area contributed by atoms with Crippen LogP contribution in [0.1, 0.15) is 0 Å². The third-order valence-corrected chi connectivity index (χ3v) is 4.88. The maximum Gasteiger partial charge on any atom is 0.271 e. The lowest BCUT2D eigenvalue weighted by Gasteiger charge is -2.14. The second-order valence-corrected chi connectivity index (χ2v) is 6.69. The number of hydrogen-bond donors (Lipinski definition) is 2. The van der Waals surface area contributed by atoms with Gasteiger partial charge in [-0.3, -0.25) is 9.36 Å². The lowest BCUT2D eigenvalue weighted by molar-refractivity contribution is 0.964. The van der Waals surface area contributed by atoms with Crippen LogP contribution in [0.15, 0.2) is 64.3 Å². The molecule has 0 unspecified atom stereocenters. The first-order chi connectivity index (χ1) is 13.1. The molecular weight excluding hydrogens is 360 g/mol. The fourth-order valence-corrected chi connectivity index (χ4v) is 3.29. The van der Waals surface area contributed by atoms with E-state index in [1.54, 1.807) is 11.8 Å². The minimum absolute atomic E-state index is 0.0177. The predicted molar refractivity (Wildman–Crippen MR) is 109 cm³/mol. The Hall–Kier alpha value is -3.39. The zero-order valence-corrected chi connectivity index (χ0v) is 15.3. The van der Waals surface area contributed by atoms with E-state index in [0.717, 1.165) is 10.5 Å². The second kappa shape index (κ2) is 6.73. The Morgan fingerprint density at radius 1 is 0.926 bits per heavy atom. The summed E-state index contributed by atoms with van der Waals surface area (Å²) < 4.78 is 1.53. The molecule has 0 bridgehead atoms. The summed E-state index contributed by atoms with van der Waals surface area (Å²) in [5, 5.41) is 0.151. The normalized spacial score (nSPS) is 11.0. The van der Waals surface area contributed by atoms with Crippen molar-refractivity contribution in [2.45, 2.75) is 4.90 Å². The monoisotopic (exact) mass is 376 g/mol. The van der Waals surface area contributed by atoms with Crippen molar-refractivity contribution < 1.29 is 0 Å². The SMILES string of the molecule is CSc1ccc(-n2c(-c3ccccc3)nc3nc(N)nc(N)c3c2=O)cc1. The van der Waals surface area contributed by atoms with Gasteiger partial charge in [0.2, 0.25) is 5.95 Å². The first-order valence-electron chi connectivity index (χ1n) is 8.14. The van der Waals surface area contributed by atoms with Crippen LogP contribution in [0.3, 0.4) is 0 Å². The van der Waals surface area contributed by atoms with Gasteiger partial charge in [0.15, 0.2) is 5.65 Å². The zero-order chi connectivity index (χ0) is 19.0. The van der Waals surface area contributed by atoms with Crippen LogP contribution in [0.5, 0.6) is 0 Å². The van der Waals surface area contributed by atoms with Crippen molar-refractivity contribution in [3.8, 4) is 17.1 Å². The van der Waals surface area contributed by atoms with E-state index in [4.69, 9.17) is 11.5 Å². The van der Waals surface area contributed by atoms with Gasteiger partial charge in [-0.1, -0.05) is 30.3 Å². The Morgan fingerprint density at radius 3 is 2.30 bits per heavy atom. The van der Waals surface area contributed by atoms with Gasteiger partial charge in [-0.15, -0.1) is 11.8 Å². The zero-order valence-electron chi connectivity index (χ0n) is 14.5. The molecule has 27 heavy (non-hydrogen) atoms. The van der Waals surface area contributed by atoms with Crippen molar-refractivity contribution >= 4 is 34.6 Å². The number of benzene rings is 2. The van der Waals surface area contributed by atoms with E-state index >= 15 is 0 Å². The third-order valence-electron chi connectivity index (χ3n) is 4.14. The molecule has 7 nitrogen and oxygen atoms in total. The minimum Gasteiger partial charge on any atom is -0.383 e. The summed E-state index contributed by atoms with van der Waals surface area (Å²) in [6, 6.07) is 17.1. The van der Waals surface area contributed by atoms with Crippen LogP contribution in [0, 0.1) is 0 Å². The highest BCUT2D eigenvalue weighted by molar-refractivity contribution is 7.98. The van der Waals surface area contributed by atoms with Gasteiger partial charge in [-0.05, 0) is 30.5 Å². The molecule has 2 aromatic heterocycles. The van der Waals surface area contributed by atoms with E-state index < -0.39 is 0 Å². The Kier molecular flexibility index (Phi) is 4.25. The van der Waals surface area contributed by atoms with E-state index in [9.17, 15) is 4.79 Å². The van der Waals surface area contributed by atoms with Gasteiger partial charge in [0.1, 0.15) is 17.0 Å². The van der Waals surface area contributed by atoms with Crippen LogP contribution >= 0.6 is 11.8 Å². The summed E-state index contributed by atoms with van der Waals surface area (Å²) in [6.45, 7) is 0. The Labute approximate surface area is 159 Å². The van der Waals surface area contributed by atoms with Crippen molar-refractivity contribution in [1.82, 2.24) is 19.5 Å². The van der Waals surface area contributed by atoms with Crippen molar-refractivity contribution in [3.05, 3.63) is 65.0 Å². The van der Waals surface area contributed by atoms with Gasteiger partial charge in [-0.25, -0.2) is 4.98 Å². The average Bonchev–Trinajstić information content (AvgIpc) is 2.68. The highest BCUT2D eigenvalue weighted by Gasteiger charge is 2.18. The topological polar surface area (TPSA) is 113 Å². The molecule has 8 heteroatoms. The quantitative estimate of drug-likeness (QED) is 0.529. The molecule has 0 aliphatic rings. The number of rotatable bonds is 3. The molecule has 0 radical (unpaired) electrons. The lowest BCUT2D eigenvalue weighted by Crippen LogP contribution is -2.24. The van der Waals surface area contributed by atoms with Gasteiger partial charge in [0, 0.05) is 10.5 Å². The predicted octanol–water partition coefficient (Wildman–Crippen LogP) is 2.73. The summed E-state index contributed by atoms with van der Waals surface area (Å²) in [7, 11) is 0. The third kappa shape index (κ3) is 3.00. The van der Waals surface area contributed by atoms with Crippen LogP contribution in [0.2, 0.25) is 0 Å². The molecule has 0 saturated heterocycles. The first-order valence-corrected chi connectivity index (χ1v) is 9.36. The Morgan fingerprint density at radius 2 is 1.63 bits per heavy atom. The molecule has 4 N–H and O–H groups in total. The number of anilines is 2. The van der Waals surface area contributed by atoms with Crippen molar-refractivity contribution in [2.24, 2.45) is 0 Å². The Bertz CT molecular complexity index is 1190. The molecule has 2 aromatic carbocycles. The largest absolute Gasteiger partial charge is 0.383 e. The standard InChI is InChI=1S/C19H16N6OS/c1-27-13-9-7-12(8-10-13)25-17(11-5-3-2-4-6-11)23-16-14(18(25)26)15(20)22-19(21)24-16/h2-10H,1H3,(H4,20,21,22,24). The summed E-state index contributed by atoms with van der Waals surface area (Å²) in [4.78, 5) is 27.0. The van der Waals surface area contributed by atoms with E-state index in [-0.39, 0.29) is 28.4 Å². The molecule has 0 amide bonds.